The zero-order valence-electron chi connectivity index (χ0n) is 7.88. The molecule has 0 amide bonds. The monoisotopic (exact) mass is 191 g/mol. The van der Waals surface area contributed by atoms with Gasteiger partial charge in [-0.2, -0.15) is 0 Å². The molecule has 72 valence electrons. The third kappa shape index (κ3) is 3.65. The highest BCUT2D eigenvalue weighted by Crippen LogP contribution is 1.99. The topological polar surface area (TPSA) is 52.8 Å². The van der Waals surface area contributed by atoms with Crippen LogP contribution >= 0.6 is 0 Å². The summed E-state index contributed by atoms with van der Waals surface area (Å²) in [5.74, 6) is -0.487. The SMILES string of the molecule is CN=[N+]=CC(=O)OCc1ccccc1. The average Bonchev–Trinajstić information content (AvgIpc) is 2.25. The van der Waals surface area contributed by atoms with Gasteiger partial charge in [0, 0.05) is 0 Å². The first kappa shape index (κ1) is 10.2. The maximum Gasteiger partial charge on any atom is 0.418 e. The Kier molecular flexibility index (Phi) is 4.11. The van der Waals surface area contributed by atoms with Gasteiger partial charge in [-0.3, -0.25) is 0 Å². The van der Waals surface area contributed by atoms with E-state index in [9.17, 15) is 4.79 Å². The van der Waals surface area contributed by atoms with E-state index in [0.717, 1.165) is 11.8 Å². The van der Waals surface area contributed by atoms with E-state index in [-0.39, 0.29) is 6.61 Å². The Hall–Kier alpha value is -1.93. The van der Waals surface area contributed by atoms with Gasteiger partial charge < -0.3 is 4.74 Å². The van der Waals surface area contributed by atoms with Crippen LogP contribution in [-0.4, -0.2) is 24.0 Å². The quantitative estimate of drug-likeness (QED) is 0.311. The van der Waals surface area contributed by atoms with Crippen LogP contribution in [0.1, 0.15) is 5.56 Å². The fraction of sp³-hybridized carbons (Fsp3) is 0.200. The summed E-state index contributed by atoms with van der Waals surface area (Å²) in [6, 6.07) is 9.45. The third-order valence-corrected chi connectivity index (χ3v) is 1.50. The molecule has 1 aromatic carbocycles. The van der Waals surface area contributed by atoms with E-state index in [1.807, 2.05) is 30.3 Å². The second kappa shape index (κ2) is 5.67. The van der Waals surface area contributed by atoms with Crippen molar-refractivity contribution in [1.29, 1.82) is 0 Å². The van der Waals surface area contributed by atoms with E-state index in [4.69, 9.17) is 4.74 Å². The number of ether oxygens (including phenoxy) is 1. The van der Waals surface area contributed by atoms with E-state index < -0.39 is 5.97 Å². The van der Waals surface area contributed by atoms with Gasteiger partial charge in [-0.05, 0) is 5.56 Å². The molecular weight excluding hydrogens is 180 g/mol. The number of nitrogens with zero attached hydrogens (tertiary/aromatic N) is 2. The summed E-state index contributed by atoms with van der Waals surface area (Å²) in [4.78, 5) is 14.4. The van der Waals surface area contributed by atoms with Gasteiger partial charge in [0.25, 0.3) is 0 Å². The van der Waals surface area contributed by atoms with E-state index in [0.29, 0.717) is 0 Å². The van der Waals surface area contributed by atoms with Crippen molar-refractivity contribution < 1.29 is 14.3 Å². The van der Waals surface area contributed by atoms with Crippen molar-refractivity contribution in [3.05, 3.63) is 35.9 Å². The molecule has 0 bridgehead atoms. The third-order valence-electron chi connectivity index (χ3n) is 1.50. The van der Waals surface area contributed by atoms with Crippen LogP contribution in [-0.2, 0) is 16.1 Å². The van der Waals surface area contributed by atoms with Crippen molar-refractivity contribution in [2.24, 2.45) is 5.11 Å². The summed E-state index contributed by atoms with van der Waals surface area (Å²) in [6.45, 7) is 0.259. The van der Waals surface area contributed by atoms with Gasteiger partial charge in [-0.1, -0.05) is 30.3 Å². The molecule has 0 aliphatic carbocycles. The molecule has 0 aromatic heterocycles. The highest BCUT2D eigenvalue weighted by Gasteiger charge is 2.04. The van der Waals surface area contributed by atoms with Crippen LogP contribution in [0.2, 0.25) is 0 Å². The van der Waals surface area contributed by atoms with Crippen LogP contribution in [0.3, 0.4) is 0 Å². The molecule has 1 rings (SSSR count). The molecule has 0 heterocycles. The first-order valence-electron chi connectivity index (χ1n) is 4.16. The van der Waals surface area contributed by atoms with Crippen LogP contribution in [0.5, 0.6) is 0 Å². The summed E-state index contributed by atoms with van der Waals surface area (Å²) in [6.07, 6.45) is 1.04. The van der Waals surface area contributed by atoms with Crippen molar-refractivity contribution in [2.75, 3.05) is 7.05 Å². The lowest BCUT2D eigenvalue weighted by atomic mass is 10.2. The molecule has 0 spiro atoms. The normalized spacial score (nSPS) is 8.64. The molecule has 0 fully saturated rings. The van der Waals surface area contributed by atoms with E-state index >= 15 is 0 Å². The highest BCUT2D eigenvalue weighted by atomic mass is 16.5. The number of carbonyl (C=O) groups excluding carboxylic acids is 1. The Morgan fingerprint density at radius 1 is 1.50 bits per heavy atom. The molecule has 0 radical (unpaired) electrons. The summed E-state index contributed by atoms with van der Waals surface area (Å²) >= 11 is 0. The maximum absolute atomic E-state index is 10.9. The lowest BCUT2D eigenvalue weighted by Crippen LogP contribution is -2.06. The molecule has 4 heteroatoms. The molecule has 4 nitrogen and oxygen atoms in total. The minimum absolute atomic E-state index is 0.259. The van der Waals surface area contributed by atoms with Gasteiger partial charge in [0.1, 0.15) is 13.7 Å². The van der Waals surface area contributed by atoms with E-state index in [2.05, 4.69) is 9.90 Å². The first-order valence-corrected chi connectivity index (χ1v) is 4.16. The maximum atomic E-state index is 10.9. The minimum Gasteiger partial charge on any atom is -0.452 e. The molecule has 0 N–H and O–H groups in total. The average molecular weight is 191 g/mol. The molecular formula is C10H11N2O2+. The smallest absolute Gasteiger partial charge is 0.418 e. The predicted molar refractivity (Wildman–Crippen MR) is 50.9 cm³/mol. The summed E-state index contributed by atoms with van der Waals surface area (Å²) in [7, 11) is 1.49. The standard InChI is InChI=1S/C10H11N2O2/c1-11-12-7-10(13)14-8-9-5-3-2-4-6-9/h2-7H,8H2,1H3/q+1. The Morgan fingerprint density at radius 2 is 2.21 bits per heavy atom. The number of esters is 1. The van der Waals surface area contributed by atoms with Crippen LogP contribution < -0.4 is 0 Å². The number of rotatable bonds is 3. The van der Waals surface area contributed by atoms with Crippen molar-refractivity contribution in [2.45, 2.75) is 6.61 Å². The van der Waals surface area contributed by atoms with Crippen LogP contribution in [0.15, 0.2) is 35.4 Å². The van der Waals surface area contributed by atoms with Crippen LogP contribution in [0, 0.1) is 0 Å². The number of hydrogen-bond acceptors (Lipinski definition) is 3. The fourth-order valence-electron chi connectivity index (χ4n) is 0.871. The number of carbonyl (C=O) groups is 1. The second-order valence-corrected chi connectivity index (χ2v) is 2.54. The van der Waals surface area contributed by atoms with Gasteiger partial charge in [0.15, 0.2) is 0 Å². The predicted octanol–water partition coefficient (Wildman–Crippen LogP) is 1.09. The fourth-order valence-corrected chi connectivity index (χ4v) is 0.871. The Labute approximate surface area is 82.0 Å². The molecule has 1 aromatic rings. The zero-order chi connectivity index (χ0) is 10.2. The van der Waals surface area contributed by atoms with Gasteiger partial charge >= 0.3 is 12.2 Å². The highest BCUT2D eigenvalue weighted by molar-refractivity contribution is 6.20. The zero-order valence-corrected chi connectivity index (χ0v) is 7.88. The van der Waals surface area contributed by atoms with Gasteiger partial charge in [-0.15, -0.1) is 0 Å². The van der Waals surface area contributed by atoms with Crippen LogP contribution in [0.25, 0.3) is 0 Å². The molecule has 0 unspecified atom stereocenters. The molecule has 0 aliphatic rings. The van der Waals surface area contributed by atoms with Crippen LogP contribution in [0.4, 0.5) is 0 Å². The van der Waals surface area contributed by atoms with Crippen molar-refractivity contribution in [1.82, 2.24) is 0 Å². The van der Waals surface area contributed by atoms with Gasteiger partial charge in [-0.25, -0.2) is 4.79 Å². The lowest BCUT2D eigenvalue weighted by molar-refractivity contribution is -0.144. The Balaban J connectivity index is 2.42. The van der Waals surface area contributed by atoms with Gasteiger partial charge in [0.05, 0.1) is 9.90 Å². The summed E-state index contributed by atoms with van der Waals surface area (Å²) < 4.78 is 4.88. The first-order chi connectivity index (χ1) is 6.83. The molecule has 0 saturated heterocycles. The largest absolute Gasteiger partial charge is 0.452 e. The second-order valence-electron chi connectivity index (χ2n) is 2.54. The van der Waals surface area contributed by atoms with E-state index in [1.54, 1.807) is 0 Å². The molecule has 0 atom stereocenters. The van der Waals surface area contributed by atoms with Gasteiger partial charge in [0.2, 0.25) is 0 Å². The molecule has 0 saturated carbocycles. The molecule has 14 heavy (non-hydrogen) atoms. The minimum atomic E-state index is -0.487. The summed E-state index contributed by atoms with van der Waals surface area (Å²) in [5, 5.41) is 3.40. The Bertz CT molecular complexity index is 354. The van der Waals surface area contributed by atoms with Crippen molar-refractivity contribution in [3.63, 3.8) is 0 Å². The lowest BCUT2D eigenvalue weighted by Gasteiger charge is -1.98. The number of hydrogen-bond donors (Lipinski definition) is 0. The number of benzene rings is 1. The Morgan fingerprint density at radius 3 is 2.86 bits per heavy atom. The van der Waals surface area contributed by atoms with Crippen molar-refractivity contribution >= 4 is 12.2 Å². The molecule has 0 aliphatic heterocycles. The van der Waals surface area contributed by atoms with E-state index in [1.165, 1.54) is 7.05 Å². The van der Waals surface area contributed by atoms with Crippen molar-refractivity contribution in [3.8, 4) is 0 Å². The summed E-state index contributed by atoms with van der Waals surface area (Å²) in [5.41, 5.74) is 0.947.